The van der Waals surface area contributed by atoms with Crippen molar-refractivity contribution in [3.8, 4) is 5.75 Å². The van der Waals surface area contributed by atoms with E-state index in [0.29, 0.717) is 12.5 Å². The van der Waals surface area contributed by atoms with Gasteiger partial charge in [0.1, 0.15) is 18.2 Å². The number of pyridine rings is 1. The number of halogens is 1. The predicted octanol–water partition coefficient (Wildman–Crippen LogP) is 4.59. The molecule has 0 fully saturated rings. The molecule has 20 heavy (non-hydrogen) atoms. The third kappa shape index (κ3) is 3.73. The summed E-state index contributed by atoms with van der Waals surface area (Å²) in [5, 5.41) is 3.00. The summed E-state index contributed by atoms with van der Waals surface area (Å²) in [5.74, 6) is 2.22. The van der Waals surface area contributed by atoms with Crippen LogP contribution in [0.1, 0.15) is 30.9 Å². The molecule has 1 N–H and O–H groups in total. The summed E-state index contributed by atoms with van der Waals surface area (Å²) in [6.45, 7) is 4.86. The van der Waals surface area contributed by atoms with Gasteiger partial charge in [0.2, 0.25) is 0 Å². The summed E-state index contributed by atoms with van der Waals surface area (Å²) in [5.41, 5.74) is 2.26. The number of ether oxygens (including phenoxy) is 1. The molecule has 3 nitrogen and oxygen atoms in total. The number of hydrogen-bond donors (Lipinski definition) is 1. The standard InChI is InChI=1S/C16H19BrN2O/c1-11(2)14-8-13(17)5-6-15(14)20-10-12-4-7-16(18-3)19-9-12/h4-9,11H,10H2,1-3H3,(H,18,19). The van der Waals surface area contributed by atoms with Crippen LogP contribution in [0.5, 0.6) is 5.75 Å². The fourth-order valence-electron chi connectivity index (χ4n) is 1.92. The Bertz CT molecular complexity index is 567. The average Bonchev–Trinajstić information content (AvgIpc) is 2.46. The van der Waals surface area contributed by atoms with Crippen LogP contribution in [-0.4, -0.2) is 12.0 Å². The van der Waals surface area contributed by atoms with E-state index in [9.17, 15) is 0 Å². The summed E-state index contributed by atoms with van der Waals surface area (Å²) in [4.78, 5) is 4.28. The molecule has 106 valence electrons. The van der Waals surface area contributed by atoms with Crippen LogP contribution in [0.4, 0.5) is 5.82 Å². The van der Waals surface area contributed by atoms with Crippen molar-refractivity contribution in [1.82, 2.24) is 4.98 Å². The van der Waals surface area contributed by atoms with Gasteiger partial charge < -0.3 is 10.1 Å². The predicted molar refractivity (Wildman–Crippen MR) is 86.3 cm³/mol. The van der Waals surface area contributed by atoms with Gasteiger partial charge in [-0.05, 0) is 35.7 Å². The molecule has 0 atom stereocenters. The molecule has 0 spiro atoms. The van der Waals surface area contributed by atoms with Crippen LogP contribution >= 0.6 is 15.9 Å². The van der Waals surface area contributed by atoms with E-state index in [2.05, 4.69) is 46.1 Å². The number of anilines is 1. The van der Waals surface area contributed by atoms with E-state index in [-0.39, 0.29) is 0 Å². The highest BCUT2D eigenvalue weighted by Gasteiger charge is 2.09. The van der Waals surface area contributed by atoms with E-state index in [1.807, 2.05) is 37.5 Å². The first-order valence-electron chi connectivity index (χ1n) is 6.65. The topological polar surface area (TPSA) is 34.1 Å². The van der Waals surface area contributed by atoms with Crippen molar-refractivity contribution in [3.05, 3.63) is 52.1 Å². The number of rotatable bonds is 5. The molecule has 2 aromatic rings. The Labute approximate surface area is 128 Å². The number of nitrogens with zero attached hydrogens (tertiary/aromatic N) is 1. The minimum atomic E-state index is 0.423. The number of aromatic nitrogens is 1. The van der Waals surface area contributed by atoms with E-state index in [0.717, 1.165) is 21.6 Å². The van der Waals surface area contributed by atoms with Crippen LogP contribution in [-0.2, 0) is 6.61 Å². The molecule has 0 aliphatic rings. The molecular formula is C16H19BrN2O. The molecule has 0 aliphatic heterocycles. The van der Waals surface area contributed by atoms with Crippen LogP contribution in [0.15, 0.2) is 41.0 Å². The first-order valence-corrected chi connectivity index (χ1v) is 7.44. The van der Waals surface area contributed by atoms with Crippen molar-refractivity contribution in [2.45, 2.75) is 26.4 Å². The maximum Gasteiger partial charge on any atom is 0.125 e. The fourth-order valence-corrected chi connectivity index (χ4v) is 2.30. The van der Waals surface area contributed by atoms with Crippen LogP contribution in [0, 0.1) is 0 Å². The molecule has 0 saturated carbocycles. The van der Waals surface area contributed by atoms with Gasteiger partial charge in [-0.3, -0.25) is 0 Å². The molecule has 1 aromatic heterocycles. The summed E-state index contributed by atoms with van der Waals surface area (Å²) >= 11 is 3.50. The number of benzene rings is 1. The first kappa shape index (κ1) is 14.9. The fraction of sp³-hybridized carbons (Fsp3) is 0.312. The normalized spacial score (nSPS) is 10.7. The molecule has 0 radical (unpaired) electrons. The summed E-state index contributed by atoms with van der Waals surface area (Å²) in [6.07, 6.45) is 1.83. The monoisotopic (exact) mass is 334 g/mol. The quantitative estimate of drug-likeness (QED) is 0.868. The van der Waals surface area contributed by atoms with Gasteiger partial charge in [0.15, 0.2) is 0 Å². The second-order valence-corrected chi connectivity index (χ2v) is 5.84. The zero-order valence-electron chi connectivity index (χ0n) is 12.0. The third-order valence-electron chi connectivity index (χ3n) is 3.07. The minimum Gasteiger partial charge on any atom is -0.489 e. The first-order chi connectivity index (χ1) is 9.60. The molecular weight excluding hydrogens is 316 g/mol. The highest BCUT2D eigenvalue weighted by Crippen LogP contribution is 2.30. The van der Waals surface area contributed by atoms with Gasteiger partial charge in [0.05, 0.1) is 0 Å². The van der Waals surface area contributed by atoms with Crippen molar-refractivity contribution < 1.29 is 4.74 Å². The molecule has 0 bridgehead atoms. The van der Waals surface area contributed by atoms with Crippen LogP contribution in [0.2, 0.25) is 0 Å². The molecule has 0 saturated heterocycles. The third-order valence-corrected chi connectivity index (χ3v) is 3.56. The number of nitrogens with one attached hydrogen (secondary N) is 1. The zero-order chi connectivity index (χ0) is 14.5. The van der Waals surface area contributed by atoms with Crippen LogP contribution in [0.25, 0.3) is 0 Å². The Kier molecular flexibility index (Phi) is 5.01. The lowest BCUT2D eigenvalue weighted by atomic mass is 10.0. The van der Waals surface area contributed by atoms with Gasteiger partial charge in [-0.1, -0.05) is 35.8 Å². The Morgan fingerprint density at radius 3 is 2.65 bits per heavy atom. The van der Waals surface area contributed by atoms with Crippen molar-refractivity contribution in [2.75, 3.05) is 12.4 Å². The summed E-state index contributed by atoms with van der Waals surface area (Å²) in [6, 6.07) is 10.1. The van der Waals surface area contributed by atoms with Gasteiger partial charge >= 0.3 is 0 Å². The average molecular weight is 335 g/mol. The van der Waals surface area contributed by atoms with Crippen LogP contribution < -0.4 is 10.1 Å². The molecule has 0 amide bonds. The Hall–Kier alpha value is -1.55. The van der Waals surface area contributed by atoms with E-state index in [1.54, 1.807) is 0 Å². The second-order valence-electron chi connectivity index (χ2n) is 4.93. The van der Waals surface area contributed by atoms with Gasteiger partial charge in [-0.15, -0.1) is 0 Å². The van der Waals surface area contributed by atoms with Crippen molar-refractivity contribution >= 4 is 21.7 Å². The van der Waals surface area contributed by atoms with Gasteiger partial charge in [0.25, 0.3) is 0 Å². The molecule has 4 heteroatoms. The van der Waals surface area contributed by atoms with Crippen LogP contribution in [0.3, 0.4) is 0 Å². The van der Waals surface area contributed by atoms with Gasteiger partial charge in [-0.2, -0.15) is 0 Å². The van der Waals surface area contributed by atoms with Crippen molar-refractivity contribution in [3.63, 3.8) is 0 Å². The summed E-state index contributed by atoms with van der Waals surface area (Å²) in [7, 11) is 1.86. The van der Waals surface area contributed by atoms with E-state index in [4.69, 9.17) is 4.74 Å². The Morgan fingerprint density at radius 2 is 2.05 bits per heavy atom. The summed E-state index contributed by atoms with van der Waals surface area (Å²) < 4.78 is 7.01. The zero-order valence-corrected chi connectivity index (χ0v) is 13.6. The highest BCUT2D eigenvalue weighted by atomic mass is 79.9. The van der Waals surface area contributed by atoms with Gasteiger partial charge in [-0.25, -0.2) is 4.98 Å². The Balaban J connectivity index is 2.10. The minimum absolute atomic E-state index is 0.423. The van der Waals surface area contributed by atoms with E-state index in [1.165, 1.54) is 5.56 Å². The van der Waals surface area contributed by atoms with Gasteiger partial charge in [0, 0.05) is 23.3 Å². The molecule has 1 heterocycles. The maximum absolute atomic E-state index is 5.93. The lowest BCUT2D eigenvalue weighted by Crippen LogP contribution is -2.01. The van der Waals surface area contributed by atoms with E-state index >= 15 is 0 Å². The van der Waals surface area contributed by atoms with Crippen molar-refractivity contribution in [2.24, 2.45) is 0 Å². The second kappa shape index (κ2) is 6.75. The SMILES string of the molecule is CNc1ccc(COc2ccc(Br)cc2C(C)C)cn1. The molecule has 0 aliphatic carbocycles. The lowest BCUT2D eigenvalue weighted by Gasteiger charge is -2.14. The van der Waals surface area contributed by atoms with Crippen molar-refractivity contribution in [1.29, 1.82) is 0 Å². The largest absolute Gasteiger partial charge is 0.489 e. The molecule has 0 unspecified atom stereocenters. The Morgan fingerprint density at radius 1 is 1.25 bits per heavy atom. The maximum atomic E-state index is 5.93. The highest BCUT2D eigenvalue weighted by molar-refractivity contribution is 9.10. The van der Waals surface area contributed by atoms with E-state index < -0.39 is 0 Å². The smallest absolute Gasteiger partial charge is 0.125 e. The lowest BCUT2D eigenvalue weighted by molar-refractivity contribution is 0.301. The number of hydrogen-bond acceptors (Lipinski definition) is 3. The molecule has 2 rings (SSSR count). The molecule has 1 aromatic carbocycles.